The number of aliphatic hydroxyl groups excluding tert-OH is 1. The van der Waals surface area contributed by atoms with Crippen LogP contribution in [0.4, 0.5) is 0 Å². The summed E-state index contributed by atoms with van der Waals surface area (Å²) in [5, 5.41) is 21.8. The minimum Gasteiger partial charge on any atom is -0.458 e. The topological polar surface area (TPSA) is 66.8 Å². The zero-order valence-electron chi connectivity index (χ0n) is 11.6. The smallest absolute Gasteiger partial charge is 0.309 e. The summed E-state index contributed by atoms with van der Waals surface area (Å²) < 4.78 is 5.47. The molecule has 6 unspecified atom stereocenters. The number of esters is 1. The Morgan fingerprint density at radius 1 is 1.47 bits per heavy atom. The number of hydrogen-bond acceptors (Lipinski definition) is 4. The summed E-state index contributed by atoms with van der Waals surface area (Å²) in [6, 6.07) is 0. The largest absolute Gasteiger partial charge is 0.458 e. The maximum Gasteiger partial charge on any atom is 0.309 e. The molecular weight excluding hydrogens is 244 g/mol. The van der Waals surface area contributed by atoms with Gasteiger partial charge >= 0.3 is 5.97 Å². The quantitative estimate of drug-likeness (QED) is 0.514. The van der Waals surface area contributed by atoms with Gasteiger partial charge in [-0.1, -0.05) is 20.4 Å². The number of ether oxygens (including phenoxy) is 1. The van der Waals surface area contributed by atoms with Gasteiger partial charge in [0, 0.05) is 11.3 Å². The van der Waals surface area contributed by atoms with Crippen LogP contribution in [0.2, 0.25) is 0 Å². The molecule has 0 aromatic rings. The summed E-state index contributed by atoms with van der Waals surface area (Å²) in [6.45, 7) is 7.72. The fraction of sp³-hybridized carbons (Fsp3) is 0.800. The van der Waals surface area contributed by atoms with Crippen molar-refractivity contribution >= 4 is 5.97 Å². The molecule has 6 atom stereocenters. The molecule has 3 fully saturated rings. The van der Waals surface area contributed by atoms with E-state index in [1.165, 1.54) is 0 Å². The van der Waals surface area contributed by atoms with E-state index in [1.54, 1.807) is 0 Å². The van der Waals surface area contributed by atoms with Crippen molar-refractivity contribution < 1.29 is 19.7 Å². The van der Waals surface area contributed by atoms with Crippen molar-refractivity contribution in [1.82, 2.24) is 0 Å². The van der Waals surface area contributed by atoms with Crippen LogP contribution in [0.25, 0.3) is 0 Å². The fourth-order valence-corrected chi connectivity index (χ4v) is 4.40. The van der Waals surface area contributed by atoms with Gasteiger partial charge in [-0.2, -0.15) is 0 Å². The molecule has 3 rings (SSSR count). The van der Waals surface area contributed by atoms with Crippen LogP contribution in [0.1, 0.15) is 39.5 Å². The Morgan fingerprint density at radius 2 is 2.16 bits per heavy atom. The highest BCUT2D eigenvalue weighted by molar-refractivity contribution is 5.75. The predicted molar refractivity (Wildman–Crippen MR) is 69.2 cm³/mol. The lowest BCUT2D eigenvalue weighted by atomic mass is 9.51. The first-order valence-corrected chi connectivity index (χ1v) is 7.11. The average molecular weight is 266 g/mol. The zero-order valence-corrected chi connectivity index (χ0v) is 11.6. The number of hydrogen-bond donors (Lipinski definition) is 2. The molecule has 2 aliphatic carbocycles. The molecule has 0 aromatic carbocycles. The molecular formula is C15H22O4. The molecule has 2 saturated carbocycles. The van der Waals surface area contributed by atoms with Gasteiger partial charge in [0.15, 0.2) is 0 Å². The maximum absolute atomic E-state index is 11.8. The van der Waals surface area contributed by atoms with Crippen LogP contribution in [-0.2, 0) is 9.53 Å². The van der Waals surface area contributed by atoms with Crippen LogP contribution < -0.4 is 0 Å². The van der Waals surface area contributed by atoms with Crippen molar-refractivity contribution in [2.45, 2.75) is 57.3 Å². The molecule has 1 heterocycles. The van der Waals surface area contributed by atoms with Crippen molar-refractivity contribution in [1.29, 1.82) is 0 Å². The van der Waals surface area contributed by atoms with Gasteiger partial charge in [0.25, 0.3) is 0 Å². The third-order valence-electron chi connectivity index (χ3n) is 5.87. The Balaban J connectivity index is 2.10. The lowest BCUT2D eigenvalue weighted by Crippen LogP contribution is -2.67. The summed E-state index contributed by atoms with van der Waals surface area (Å²) in [5.41, 5.74) is -1.24. The van der Waals surface area contributed by atoms with Crippen LogP contribution in [-0.4, -0.2) is 34.0 Å². The highest BCUT2D eigenvalue weighted by Crippen LogP contribution is 2.59. The van der Waals surface area contributed by atoms with E-state index in [9.17, 15) is 15.0 Å². The maximum atomic E-state index is 11.8. The van der Waals surface area contributed by atoms with E-state index >= 15 is 0 Å². The average Bonchev–Trinajstić information content (AvgIpc) is 2.63. The predicted octanol–water partition coefficient (Wildman–Crippen LogP) is 1.41. The van der Waals surface area contributed by atoms with E-state index in [2.05, 4.69) is 6.58 Å². The fourth-order valence-electron chi connectivity index (χ4n) is 4.40. The molecule has 4 heteroatoms. The van der Waals surface area contributed by atoms with Gasteiger partial charge in [-0.25, -0.2) is 0 Å². The van der Waals surface area contributed by atoms with Crippen LogP contribution in [0.3, 0.4) is 0 Å². The molecule has 106 valence electrons. The Bertz CT molecular complexity index is 445. The molecule has 0 bridgehead atoms. The van der Waals surface area contributed by atoms with Gasteiger partial charge < -0.3 is 14.9 Å². The van der Waals surface area contributed by atoms with Crippen LogP contribution in [0.5, 0.6) is 0 Å². The number of aliphatic hydroxyl groups is 2. The molecule has 1 aliphatic heterocycles. The van der Waals surface area contributed by atoms with Gasteiger partial charge in [0.1, 0.15) is 11.7 Å². The first-order valence-electron chi connectivity index (χ1n) is 7.11. The Kier molecular flexibility index (Phi) is 2.64. The van der Waals surface area contributed by atoms with E-state index in [0.29, 0.717) is 12.0 Å². The summed E-state index contributed by atoms with van der Waals surface area (Å²) in [6.07, 6.45) is 1.73. The Hall–Kier alpha value is -0.870. The van der Waals surface area contributed by atoms with Gasteiger partial charge in [-0.05, 0) is 31.3 Å². The van der Waals surface area contributed by atoms with Crippen LogP contribution in [0.15, 0.2) is 12.2 Å². The molecule has 3 aliphatic rings. The molecule has 1 saturated heterocycles. The summed E-state index contributed by atoms with van der Waals surface area (Å²) in [5.74, 6) is -0.642. The van der Waals surface area contributed by atoms with Crippen molar-refractivity contribution in [2.75, 3.05) is 0 Å². The van der Waals surface area contributed by atoms with Crippen molar-refractivity contribution in [3.05, 3.63) is 12.2 Å². The number of carbonyl (C=O) groups excluding carboxylic acids is 1. The third-order valence-corrected chi connectivity index (χ3v) is 5.87. The standard InChI is InChI=1S/C15H22O4/c1-8-5-4-6-14(3)11(16)7-10-9(2)13(17)19-12(10)15(8,14)18/h9-12,16,18H,1,4-7H2,2-3H3. The molecule has 0 amide bonds. The first-order chi connectivity index (χ1) is 8.82. The monoisotopic (exact) mass is 266 g/mol. The summed E-state index contributed by atoms with van der Waals surface area (Å²) in [4.78, 5) is 11.8. The first kappa shape index (κ1) is 13.1. The summed E-state index contributed by atoms with van der Waals surface area (Å²) in [7, 11) is 0. The van der Waals surface area contributed by atoms with Crippen molar-refractivity contribution in [3.8, 4) is 0 Å². The number of rotatable bonds is 0. The number of fused-ring (bicyclic) bond motifs is 3. The summed E-state index contributed by atoms with van der Waals surface area (Å²) >= 11 is 0. The third kappa shape index (κ3) is 1.39. The van der Waals surface area contributed by atoms with Gasteiger partial charge in [-0.15, -0.1) is 0 Å². The molecule has 4 nitrogen and oxygen atoms in total. The zero-order chi connectivity index (χ0) is 14.0. The second-order valence-corrected chi connectivity index (χ2v) is 6.70. The lowest BCUT2D eigenvalue weighted by Gasteiger charge is -2.58. The Morgan fingerprint density at radius 3 is 2.84 bits per heavy atom. The van der Waals surface area contributed by atoms with E-state index in [0.717, 1.165) is 19.3 Å². The van der Waals surface area contributed by atoms with E-state index < -0.39 is 23.2 Å². The number of carbonyl (C=O) groups is 1. The van der Waals surface area contributed by atoms with Gasteiger partial charge in [-0.3, -0.25) is 4.79 Å². The second-order valence-electron chi connectivity index (χ2n) is 6.70. The van der Waals surface area contributed by atoms with Crippen LogP contribution in [0, 0.1) is 17.3 Å². The molecule has 0 spiro atoms. The SMILES string of the molecule is C=C1CCCC2(C)C(O)CC3C(C)C(=O)OC3C12O. The molecule has 2 N–H and O–H groups in total. The van der Waals surface area contributed by atoms with Crippen molar-refractivity contribution in [3.63, 3.8) is 0 Å². The highest BCUT2D eigenvalue weighted by Gasteiger charge is 2.68. The van der Waals surface area contributed by atoms with E-state index in [-0.39, 0.29) is 17.8 Å². The molecule has 0 aromatic heterocycles. The van der Waals surface area contributed by atoms with Crippen molar-refractivity contribution in [2.24, 2.45) is 17.3 Å². The van der Waals surface area contributed by atoms with Gasteiger partial charge in [0.05, 0.1) is 12.0 Å². The second kappa shape index (κ2) is 3.83. The minimum absolute atomic E-state index is 0.115. The lowest BCUT2D eigenvalue weighted by molar-refractivity contribution is -0.222. The van der Waals surface area contributed by atoms with E-state index in [4.69, 9.17) is 4.74 Å². The normalized spacial score (nSPS) is 53.5. The minimum atomic E-state index is -1.28. The molecule has 0 radical (unpaired) electrons. The van der Waals surface area contributed by atoms with Crippen LogP contribution >= 0.6 is 0 Å². The highest BCUT2D eigenvalue weighted by atomic mass is 16.6. The van der Waals surface area contributed by atoms with E-state index in [1.807, 2.05) is 13.8 Å². The molecule has 19 heavy (non-hydrogen) atoms. The van der Waals surface area contributed by atoms with Gasteiger partial charge in [0.2, 0.25) is 0 Å². The Labute approximate surface area is 113 Å².